The van der Waals surface area contributed by atoms with Crippen LogP contribution < -0.4 is 4.74 Å². The molecular formula is C14H18N2O3. The number of hydrogen-bond acceptors (Lipinski definition) is 4. The van der Waals surface area contributed by atoms with Crippen molar-refractivity contribution in [1.29, 1.82) is 5.26 Å². The van der Waals surface area contributed by atoms with Gasteiger partial charge in [0.25, 0.3) is 0 Å². The largest absolute Gasteiger partial charge is 0.492 e. The predicted octanol–water partition coefficient (Wildman–Crippen LogP) is 1.86. The third kappa shape index (κ3) is 5.40. The third-order valence-corrected chi connectivity index (χ3v) is 2.65. The van der Waals surface area contributed by atoms with Crippen molar-refractivity contribution >= 4 is 5.97 Å². The summed E-state index contributed by atoms with van der Waals surface area (Å²) in [5, 5.41) is 17.5. The van der Waals surface area contributed by atoms with Crippen molar-refractivity contribution in [2.45, 2.75) is 6.92 Å². The molecule has 0 bridgehead atoms. The Kier molecular flexibility index (Phi) is 5.83. The lowest BCUT2D eigenvalue weighted by Gasteiger charge is -2.17. The van der Waals surface area contributed by atoms with Crippen LogP contribution in [0.5, 0.6) is 5.75 Å². The fraction of sp³-hybridized carbons (Fsp3) is 0.429. The van der Waals surface area contributed by atoms with Crippen LogP contribution >= 0.6 is 0 Å². The highest BCUT2D eigenvalue weighted by molar-refractivity contribution is 5.87. The van der Waals surface area contributed by atoms with Gasteiger partial charge in [-0.05, 0) is 38.2 Å². The van der Waals surface area contributed by atoms with E-state index in [1.54, 1.807) is 12.1 Å². The molecule has 5 heteroatoms. The summed E-state index contributed by atoms with van der Waals surface area (Å²) in [7, 11) is 1.94. The number of ether oxygens (including phenoxy) is 1. The lowest BCUT2D eigenvalue weighted by Crippen LogP contribution is -2.28. The fourth-order valence-corrected chi connectivity index (χ4v) is 1.61. The Hall–Kier alpha value is -2.06. The Bertz CT molecular complexity index is 451. The van der Waals surface area contributed by atoms with Gasteiger partial charge in [0.1, 0.15) is 12.4 Å². The molecule has 0 saturated heterocycles. The average molecular weight is 262 g/mol. The van der Waals surface area contributed by atoms with E-state index in [-0.39, 0.29) is 11.5 Å². The molecule has 0 radical (unpaired) electrons. The van der Waals surface area contributed by atoms with Crippen LogP contribution in [-0.4, -0.2) is 42.7 Å². The summed E-state index contributed by atoms with van der Waals surface area (Å²) in [5.74, 6) is -0.302. The van der Waals surface area contributed by atoms with Crippen molar-refractivity contribution in [3.05, 3.63) is 29.8 Å². The third-order valence-electron chi connectivity index (χ3n) is 2.65. The molecule has 5 nitrogen and oxygen atoms in total. The van der Waals surface area contributed by atoms with Gasteiger partial charge in [-0.2, -0.15) is 5.26 Å². The van der Waals surface area contributed by atoms with Gasteiger partial charge >= 0.3 is 5.97 Å². The minimum Gasteiger partial charge on any atom is -0.492 e. The molecule has 1 aromatic carbocycles. The SMILES string of the molecule is CC(C#N)CN(C)CCOc1ccc(C(=O)O)cc1. The number of likely N-dealkylation sites (N-methyl/N-ethyl adjacent to an activating group) is 1. The smallest absolute Gasteiger partial charge is 0.335 e. The lowest BCUT2D eigenvalue weighted by atomic mass is 10.2. The molecule has 0 amide bonds. The Balaban J connectivity index is 2.33. The van der Waals surface area contributed by atoms with E-state index in [0.29, 0.717) is 25.4 Å². The molecule has 0 aliphatic heterocycles. The van der Waals surface area contributed by atoms with Crippen molar-refractivity contribution in [3.63, 3.8) is 0 Å². The predicted molar refractivity (Wildman–Crippen MR) is 71.2 cm³/mol. The number of hydrogen-bond donors (Lipinski definition) is 1. The second-order valence-corrected chi connectivity index (χ2v) is 4.47. The molecule has 1 rings (SSSR count). The second kappa shape index (κ2) is 7.39. The van der Waals surface area contributed by atoms with Gasteiger partial charge in [0.2, 0.25) is 0 Å². The van der Waals surface area contributed by atoms with Crippen molar-refractivity contribution in [2.75, 3.05) is 26.7 Å². The molecule has 0 aromatic heterocycles. The normalized spacial score (nSPS) is 11.9. The van der Waals surface area contributed by atoms with Crippen LogP contribution in [0.2, 0.25) is 0 Å². The van der Waals surface area contributed by atoms with Gasteiger partial charge in [-0.1, -0.05) is 0 Å². The first-order valence-electron chi connectivity index (χ1n) is 6.07. The number of benzene rings is 1. The summed E-state index contributed by atoms with van der Waals surface area (Å²) in [6.45, 7) is 3.80. The van der Waals surface area contributed by atoms with Crippen molar-refractivity contribution < 1.29 is 14.6 Å². The highest BCUT2D eigenvalue weighted by Gasteiger charge is 2.05. The Morgan fingerprint density at radius 1 is 1.47 bits per heavy atom. The van der Waals surface area contributed by atoms with Gasteiger partial charge < -0.3 is 14.7 Å². The molecule has 19 heavy (non-hydrogen) atoms. The van der Waals surface area contributed by atoms with Crippen molar-refractivity contribution in [3.8, 4) is 11.8 Å². The monoisotopic (exact) mass is 262 g/mol. The zero-order chi connectivity index (χ0) is 14.3. The zero-order valence-electron chi connectivity index (χ0n) is 11.2. The Morgan fingerprint density at radius 2 is 2.11 bits per heavy atom. The number of nitriles is 1. The number of carboxylic acids is 1. The molecule has 0 heterocycles. The maximum atomic E-state index is 10.7. The van der Waals surface area contributed by atoms with Crippen molar-refractivity contribution in [2.24, 2.45) is 5.92 Å². The van der Waals surface area contributed by atoms with Gasteiger partial charge in [-0.15, -0.1) is 0 Å². The van der Waals surface area contributed by atoms with E-state index >= 15 is 0 Å². The van der Waals surface area contributed by atoms with Crippen molar-refractivity contribution in [1.82, 2.24) is 4.90 Å². The number of aromatic carboxylic acids is 1. The topological polar surface area (TPSA) is 73.6 Å². The summed E-state index contributed by atoms with van der Waals surface area (Å²) >= 11 is 0. The van der Waals surface area contributed by atoms with E-state index in [0.717, 1.165) is 0 Å². The minimum atomic E-state index is -0.947. The van der Waals surface area contributed by atoms with Gasteiger partial charge in [0.15, 0.2) is 0 Å². The molecule has 1 N–H and O–H groups in total. The molecule has 0 aliphatic rings. The summed E-state index contributed by atoms with van der Waals surface area (Å²) in [4.78, 5) is 12.7. The molecular weight excluding hydrogens is 244 g/mol. The quantitative estimate of drug-likeness (QED) is 0.811. The molecule has 0 spiro atoms. The molecule has 1 unspecified atom stereocenters. The summed E-state index contributed by atoms with van der Waals surface area (Å²) in [6, 6.07) is 8.49. The standard InChI is InChI=1S/C14H18N2O3/c1-11(9-15)10-16(2)7-8-19-13-5-3-12(4-6-13)14(17)18/h3-6,11H,7-8,10H2,1-2H3,(H,17,18). The van der Waals surface area contributed by atoms with Crippen LogP contribution in [0.25, 0.3) is 0 Å². The molecule has 0 aliphatic carbocycles. The average Bonchev–Trinajstić information content (AvgIpc) is 2.39. The fourth-order valence-electron chi connectivity index (χ4n) is 1.61. The maximum absolute atomic E-state index is 10.7. The summed E-state index contributed by atoms with van der Waals surface area (Å²) in [5.41, 5.74) is 0.243. The lowest BCUT2D eigenvalue weighted by molar-refractivity contribution is 0.0697. The molecule has 0 fully saturated rings. The van der Waals surface area contributed by atoms with Gasteiger partial charge in [0.05, 0.1) is 17.6 Å². The van der Waals surface area contributed by atoms with E-state index in [4.69, 9.17) is 15.1 Å². The number of rotatable bonds is 7. The first kappa shape index (κ1) is 15.0. The molecule has 1 aromatic rings. The minimum absolute atomic E-state index is 0.000139. The van der Waals surface area contributed by atoms with E-state index in [9.17, 15) is 4.79 Å². The highest BCUT2D eigenvalue weighted by atomic mass is 16.5. The van der Waals surface area contributed by atoms with Crippen LogP contribution in [0.15, 0.2) is 24.3 Å². The number of nitrogens with zero attached hydrogens (tertiary/aromatic N) is 2. The van der Waals surface area contributed by atoms with E-state index in [2.05, 4.69) is 6.07 Å². The highest BCUT2D eigenvalue weighted by Crippen LogP contribution is 2.12. The molecule has 0 saturated carbocycles. The second-order valence-electron chi connectivity index (χ2n) is 4.47. The molecule has 1 atom stereocenters. The van der Waals surface area contributed by atoms with Gasteiger partial charge in [-0.3, -0.25) is 0 Å². The molecule has 102 valence electrons. The first-order valence-corrected chi connectivity index (χ1v) is 6.07. The van der Waals surface area contributed by atoms with Crippen LogP contribution in [0.1, 0.15) is 17.3 Å². The van der Waals surface area contributed by atoms with Crippen LogP contribution in [-0.2, 0) is 0 Å². The zero-order valence-corrected chi connectivity index (χ0v) is 11.2. The Morgan fingerprint density at radius 3 is 2.63 bits per heavy atom. The number of carboxylic acid groups (broad SMARTS) is 1. The summed E-state index contributed by atoms with van der Waals surface area (Å²) in [6.07, 6.45) is 0. The maximum Gasteiger partial charge on any atom is 0.335 e. The van der Waals surface area contributed by atoms with E-state index in [1.807, 2.05) is 18.9 Å². The van der Waals surface area contributed by atoms with Gasteiger partial charge in [0, 0.05) is 13.1 Å². The van der Waals surface area contributed by atoms with Crippen LogP contribution in [0.4, 0.5) is 0 Å². The van der Waals surface area contributed by atoms with E-state index < -0.39 is 5.97 Å². The number of carbonyl (C=O) groups is 1. The van der Waals surface area contributed by atoms with E-state index in [1.165, 1.54) is 12.1 Å². The Labute approximate surface area is 113 Å². The van der Waals surface area contributed by atoms with Crippen LogP contribution in [0, 0.1) is 17.2 Å². The summed E-state index contributed by atoms with van der Waals surface area (Å²) < 4.78 is 5.51. The first-order chi connectivity index (χ1) is 9.02. The van der Waals surface area contributed by atoms with Gasteiger partial charge in [-0.25, -0.2) is 4.79 Å². The van der Waals surface area contributed by atoms with Crippen LogP contribution in [0.3, 0.4) is 0 Å².